The van der Waals surface area contributed by atoms with E-state index in [2.05, 4.69) is 0 Å². The first kappa shape index (κ1) is 18.1. The third kappa shape index (κ3) is 3.62. The van der Waals surface area contributed by atoms with Crippen LogP contribution < -0.4 is 10.3 Å². The summed E-state index contributed by atoms with van der Waals surface area (Å²) in [6.45, 7) is 3.16. The number of esters is 1. The first-order valence-corrected chi connectivity index (χ1v) is 8.41. The third-order valence-electron chi connectivity index (χ3n) is 4.38. The van der Waals surface area contributed by atoms with Crippen LogP contribution in [0.15, 0.2) is 39.7 Å². The summed E-state index contributed by atoms with van der Waals surface area (Å²) >= 11 is 0. The highest BCUT2D eigenvalue weighted by Gasteiger charge is 2.24. The Balaban J connectivity index is 1.84. The number of benzene rings is 1. The number of methoxy groups -OCH3 is 1. The lowest BCUT2D eigenvalue weighted by Gasteiger charge is -2.19. The van der Waals surface area contributed by atoms with Gasteiger partial charge in [0.05, 0.1) is 18.4 Å². The van der Waals surface area contributed by atoms with Gasteiger partial charge in [-0.25, -0.2) is 9.18 Å². The van der Waals surface area contributed by atoms with Gasteiger partial charge in [-0.1, -0.05) is 0 Å². The van der Waals surface area contributed by atoms with Crippen LogP contribution in [0.25, 0.3) is 11.3 Å². The molecule has 1 aliphatic rings. The highest BCUT2D eigenvalue weighted by atomic mass is 19.1. The lowest BCUT2D eigenvalue weighted by Crippen LogP contribution is -2.23. The third-order valence-corrected chi connectivity index (χ3v) is 4.38. The fourth-order valence-corrected chi connectivity index (χ4v) is 2.98. The van der Waals surface area contributed by atoms with Crippen molar-refractivity contribution in [3.63, 3.8) is 0 Å². The van der Waals surface area contributed by atoms with Crippen LogP contribution in [0.3, 0.4) is 0 Å². The van der Waals surface area contributed by atoms with Crippen molar-refractivity contribution in [1.82, 2.24) is 0 Å². The summed E-state index contributed by atoms with van der Waals surface area (Å²) in [5.41, 5.74) is 0.187. The van der Waals surface area contributed by atoms with E-state index < -0.39 is 17.2 Å². The Hall–Kier alpha value is -2.67. The van der Waals surface area contributed by atoms with Gasteiger partial charge in [-0.15, -0.1) is 0 Å². The number of nitrogens with zero attached hydrogens (tertiary/aromatic N) is 1. The Morgan fingerprint density at radius 3 is 2.81 bits per heavy atom. The van der Waals surface area contributed by atoms with Gasteiger partial charge < -0.3 is 18.8 Å². The average Bonchev–Trinajstić information content (AvgIpc) is 3.10. The molecule has 1 fully saturated rings. The van der Waals surface area contributed by atoms with Crippen LogP contribution in [-0.2, 0) is 9.47 Å². The van der Waals surface area contributed by atoms with Crippen molar-refractivity contribution < 1.29 is 23.1 Å². The number of rotatable bonds is 5. The van der Waals surface area contributed by atoms with E-state index in [-0.39, 0.29) is 24.0 Å². The highest BCUT2D eigenvalue weighted by Crippen LogP contribution is 2.29. The van der Waals surface area contributed by atoms with E-state index in [4.69, 9.17) is 13.9 Å². The van der Waals surface area contributed by atoms with Gasteiger partial charge in [-0.3, -0.25) is 4.79 Å². The molecule has 2 heterocycles. The molecule has 7 heteroatoms. The lowest BCUT2D eigenvalue weighted by molar-refractivity contribution is 0.0522. The van der Waals surface area contributed by atoms with Crippen molar-refractivity contribution in [2.75, 3.05) is 31.7 Å². The molecule has 3 rings (SSSR count). The molecule has 1 saturated heterocycles. The lowest BCUT2D eigenvalue weighted by atomic mass is 10.1. The zero-order valence-corrected chi connectivity index (χ0v) is 14.7. The highest BCUT2D eigenvalue weighted by molar-refractivity contribution is 5.89. The van der Waals surface area contributed by atoms with Crippen molar-refractivity contribution in [3.8, 4) is 11.3 Å². The maximum absolute atomic E-state index is 14.6. The molecule has 0 spiro atoms. The van der Waals surface area contributed by atoms with Crippen LogP contribution in [0, 0.1) is 5.82 Å². The standard InChI is InChI=1S/C19H20FNO5/c1-3-25-19(23)14-11-26-18(9-17(14)22)12-4-5-16(15(20)8-12)21-7-6-13(10-21)24-2/h4-5,8-9,11,13H,3,6-7,10H2,1-2H3. The second-order valence-corrected chi connectivity index (χ2v) is 6.00. The SMILES string of the molecule is CCOC(=O)c1coc(-c2ccc(N3CCC(OC)C3)c(F)c2)cc1=O. The molecule has 0 radical (unpaired) electrons. The number of carbonyl (C=O) groups is 1. The molecule has 1 aromatic carbocycles. The van der Waals surface area contributed by atoms with E-state index in [0.717, 1.165) is 25.3 Å². The normalized spacial score (nSPS) is 16.7. The van der Waals surface area contributed by atoms with Crippen molar-refractivity contribution in [2.45, 2.75) is 19.4 Å². The molecule has 138 valence electrons. The molecular formula is C19H20FNO5. The molecule has 0 aliphatic carbocycles. The van der Waals surface area contributed by atoms with E-state index in [9.17, 15) is 14.0 Å². The Kier molecular flexibility index (Phi) is 5.37. The maximum Gasteiger partial charge on any atom is 0.345 e. The van der Waals surface area contributed by atoms with Gasteiger partial charge in [-0.2, -0.15) is 0 Å². The van der Waals surface area contributed by atoms with Crippen LogP contribution in [0.5, 0.6) is 0 Å². The number of ether oxygens (including phenoxy) is 2. The van der Waals surface area contributed by atoms with E-state index in [1.54, 1.807) is 26.2 Å². The monoisotopic (exact) mass is 361 g/mol. The van der Waals surface area contributed by atoms with Gasteiger partial charge in [0, 0.05) is 31.8 Å². The van der Waals surface area contributed by atoms with Crippen molar-refractivity contribution in [2.24, 2.45) is 0 Å². The molecule has 26 heavy (non-hydrogen) atoms. The van der Waals surface area contributed by atoms with Gasteiger partial charge >= 0.3 is 5.97 Å². The van der Waals surface area contributed by atoms with Crippen LogP contribution in [-0.4, -0.2) is 38.9 Å². The maximum atomic E-state index is 14.6. The Labute approximate surface area is 150 Å². The minimum absolute atomic E-state index is 0.0996. The van der Waals surface area contributed by atoms with Gasteiger partial charge in [0.25, 0.3) is 0 Å². The molecule has 1 unspecified atom stereocenters. The Morgan fingerprint density at radius 1 is 1.38 bits per heavy atom. The summed E-state index contributed by atoms with van der Waals surface area (Å²) in [5.74, 6) is -0.961. The summed E-state index contributed by atoms with van der Waals surface area (Å²) in [6.07, 6.45) is 2.00. The van der Waals surface area contributed by atoms with Crippen LogP contribution in [0.1, 0.15) is 23.7 Å². The largest absolute Gasteiger partial charge is 0.463 e. The smallest absolute Gasteiger partial charge is 0.345 e. The molecule has 1 aliphatic heterocycles. The minimum atomic E-state index is -0.740. The average molecular weight is 361 g/mol. The van der Waals surface area contributed by atoms with Crippen molar-refractivity contribution in [1.29, 1.82) is 0 Å². The molecule has 1 aromatic heterocycles. The Morgan fingerprint density at radius 2 is 2.19 bits per heavy atom. The second kappa shape index (κ2) is 7.70. The fourth-order valence-electron chi connectivity index (χ4n) is 2.98. The second-order valence-electron chi connectivity index (χ2n) is 6.00. The van der Waals surface area contributed by atoms with Crippen LogP contribution in [0.2, 0.25) is 0 Å². The summed E-state index contributed by atoms with van der Waals surface area (Å²) in [5, 5.41) is 0. The summed E-state index contributed by atoms with van der Waals surface area (Å²) < 4.78 is 30.0. The topological polar surface area (TPSA) is 69.0 Å². The quantitative estimate of drug-likeness (QED) is 0.763. The number of hydrogen-bond acceptors (Lipinski definition) is 6. The fraction of sp³-hybridized carbons (Fsp3) is 0.368. The molecule has 2 aromatic rings. The molecule has 1 atom stereocenters. The van der Waals surface area contributed by atoms with E-state index in [1.165, 1.54) is 6.07 Å². The predicted octanol–water partition coefficient (Wildman–Crippen LogP) is 2.85. The molecule has 6 nitrogen and oxygen atoms in total. The first-order chi connectivity index (χ1) is 12.5. The summed E-state index contributed by atoms with van der Waals surface area (Å²) in [7, 11) is 1.65. The summed E-state index contributed by atoms with van der Waals surface area (Å²) in [4.78, 5) is 25.7. The van der Waals surface area contributed by atoms with Crippen LogP contribution >= 0.6 is 0 Å². The van der Waals surface area contributed by atoms with E-state index in [0.29, 0.717) is 17.8 Å². The molecule has 0 saturated carbocycles. The van der Waals surface area contributed by atoms with Crippen LogP contribution in [0.4, 0.5) is 10.1 Å². The van der Waals surface area contributed by atoms with Gasteiger partial charge in [-0.05, 0) is 31.5 Å². The summed E-state index contributed by atoms with van der Waals surface area (Å²) in [6, 6.07) is 5.82. The number of anilines is 1. The molecule has 0 amide bonds. The zero-order valence-electron chi connectivity index (χ0n) is 14.7. The van der Waals surface area contributed by atoms with Gasteiger partial charge in [0.15, 0.2) is 5.43 Å². The number of carbonyl (C=O) groups excluding carboxylic acids is 1. The first-order valence-electron chi connectivity index (χ1n) is 8.41. The van der Waals surface area contributed by atoms with Gasteiger partial charge in [0.1, 0.15) is 23.4 Å². The van der Waals surface area contributed by atoms with E-state index in [1.807, 2.05) is 4.90 Å². The molecule has 0 bridgehead atoms. The molecular weight excluding hydrogens is 341 g/mol. The van der Waals surface area contributed by atoms with E-state index >= 15 is 0 Å². The minimum Gasteiger partial charge on any atom is -0.463 e. The van der Waals surface area contributed by atoms with Crippen molar-refractivity contribution in [3.05, 3.63) is 52.1 Å². The predicted molar refractivity (Wildman–Crippen MR) is 94.0 cm³/mol. The zero-order chi connectivity index (χ0) is 18.7. The number of halogens is 1. The molecule has 0 N–H and O–H groups in total. The van der Waals surface area contributed by atoms with Gasteiger partial charge in [0.2, 0.25) is 0 Å². The number of hydrogen-bond donors (Lipinski definition) is 0. The van der Waals surface area contributed by atoms with Crippen molar-refractivity contribution >= 4 is 11.7 Å². The Bertz CT molecular complexity index is 863.